The molecule has 2 aliphatic heterocycles. The zero-order chi connectivity index (χ0) is 26.4. The summed E-state index contributed by atoms with van der Waals surface area (Å²) >= 11 is 6.69. The average Bonchev–Trinajstić information content (AvgIpc) is 3.58. The molecule has 3 aliphatic rings. The second-order valence-corrected chi connectivity index (χ2v) is 11.3. The SMILES string of the molecule is CC[C@@H]1[C@H](C(=O)Nc2cc3cc(N4CCN([C@@]5(C)COC[C@H]5F)CC4)c(Cl)cc3cn2)[C@H]1c1ccccn1. The molecule has 0 spiro atoms. The fraction of sp³-hybridized carbons (Fsp3) is 0.483. The van der Waals surface area contributed by atoms with E-state index in [0.29, 0.717) is 23.4 Å². The highest BCUT2D eigenvalue weighted by molar-refractivity contribution is 6.34. The third-order valence-electron chi connectivity index (χ3n) is 8.69. The third kappa shape index (κ3) is 4.52. The first-order valence-electron chi connectivity index (χ1n) is 13.4. The van der Waals surface area contributed by atoms with Crippen molar-refractivity contribution in [3.05, 3.63) is 59.5 Å². The summed E-state index contributed by atoms with van der Waals surface area (Å²) in [5.41, 5.74) is 1.35. The normalized spacial score (nSPS) is 29.5. The lowest BCUT2D eigenvalue weighted by Crippen LogP contribution is -2.59. The maximum Gasteiger partial charge on any atom is 0.229 e. The maximum atomic E-state index is 14.5. The van der Waals surface area contributed by atoms with Gasteiger partial charge in [0.25, 0.3) is 0 Å². The summed E-state index contributed by atoms with van der Waals surface area (Å²) in [6, 6.07) is 11.8. The van der Waals surface area contributed by atoms with Crippen LogP contribution in [0.25, 0.3) is 10.8 Å². The Balaban J connectivity index is 1.16. The smallest absolute Gasteiger partial charge is 0.229 e. The van der Waals surface area contributed by atoms with Crippen LogP contribution in [0.2, 0.25) is 5.02 Å². The predicted molar refractivity (Wildman–Crippen MR) is 148 cm³/mol. The van der Waals surface area contributed by atoms with Gasteiger partial charge in [-0.25, -0.2) is 9.37 Å². The average molecular weight is 538 g/mol. The molecule has 1 N–H and O–H groups in total. The highest BCUT2D eigenvalue weighted by Gasteiger charge is 2.55. The lowest BCUT2D eigenvalue weighted by molar-refractivity contribution is -0.117. The van der Waals surface area contributed by atoms with E-state index >= 15 is 0 Å². The number of nitrogens with zero attached hydrogens (tertiary/aromatic N) is 4. The molecule has 3 fully saturated rings. The first-order chi connectivity index (χ1) is 18.4. The van der Waals surface area contributed by atoms with Crippen LogP contribution in [-0.4, -0.2) is 71.9 Å². The van der Waals surface area contributed by atoms with Crippen molar-refractivity contribution in [2.75, 3.05) is 49.6 Å². The number of carbonyl (C=O) groups is 1. The van der Waals surface area contributed by atoms with Crippen molar-refractivity contribution in [3.8, 4) is 0 Å². The Hall–Kier alpha value is -2.81. The van der Waals surface area contributed by atoms with Crippen molar-refractivity contribution in [1.82, 2.24) is 14.9 Å². The molecule has 6 rings (SSSR count). The maximum absolute atomic E-state index is 14.5. The van der Waals surface area contributed by atoms with Crippen LogP contribution in [0, 0.1) is 11.8 Å². The molecule has 0 bridgehead atoms. The number of carbonyl (C=O) groups excluding carboxylic acids is 1. The molecule has 1 amide bonds. The van der Waals surface area contributed by atoms with E-state index in [1.807, 2.05) is 37.3 Å². The van der Waals surface area contributed by atoms with E-state index in [-0.39, 0.29) is 24.3 Å². The molecule has 1 aliphatic carbocycles. The summed E-state index contributed by atoms with van der Waals surface area (Å²) in [7, 11) is 0. The summed E-state index contributed by atoms with van der Waals surface area (Å²) in [5, 5.41) is 5.57. The zero-order valence-electron chi connectivity index (χ0n) is 21.7. The topological polar surface area (TPSA) is 70.6 Å². The minimum Gasteiger partial charge on any atom is -0.376 e. The minimum absolute atomic E-state index is 0.0137. The van der Waals surface area contributed by atoms with Crippen LogP contribution in [0.4, 0.5) is 15.9 Å². The number of pyridine rings is 2. The number of alkyl halides is 1. The van der Waals surface area contributed by atoms with Gasteiger partial charge in [0, 0.05) is 55.6 Å². The van der Waals surface area contributed by atoms with Gasteiger partial charge in [-0.05, 0) is 48.6 Å². The zero-order valence-corrected chi connectivity index (χ0v) is 22.5. The predicted octanol–water partition coefficient (Wildman–Crippen LogP) is 4.91. The number of aromatic nitrogens is 2. The van der Waals surface area contributed by atoms with Gasteiger partial charge < -0.3 is 15.0 Å². The van der Waals surface area contributed by atoms with Crippen molar-refractivity contribution in [1.29, 1.82) is 0 Å². The number of fused-ring (bicyclic) bond motifs is 1. The molecule has 4 heterocycles. The van der Waals surface area contributed by atoms with Crippen molar-refractivity contribution in [2.24, 2.45) is 11.8 Å². The third-order valence-corrected chi connectivity index (χ3v) is 8.99. The van der Waals surface area contributed by atoms with Crippen LogP contribution in [0.3, 0.4) is 0 Å². The van der Waals surface area contributed by atoms with E-state index in [1.165, 1.54) is 0 Å². The number of rotatable bonds is 6. The second-order valence-electron chi connectivity index (χ2n) is 10.9. The van der Waals surface area contributed by atoms with Gasteiger partial charge in [-0.1, -0.05) is 31.0 Å². The van der Waals surface area contributed by atoms with Crippen LogP contribution in [0.1, 0.15) is 31.9 Å². The number of nitrogens with one attached hydrogen (secondary N) is 1. The number of ether oxygens (including phenoxy) is 1. The highest BCUT2D eigenvalue weighted by Crippen LogP contribution is 2.55. The summed E-state index contributed by atoms with van der Waals surface area (Å²) in [5.74, 6) is 0.864. The number of piperazine rings is 1. The largest absolute Gasteiger partial charge is 0.376 e. The van der Waals surface area contributed by atoms with Crippen LogP contribution in [-0.2, 0) is 9.53 Å². The molecule has 7 nitrogen and oxygen atoms in total. The summed E-state index contributed by atoms with van der Waals surface area (Å²) in [4.78, 5) is 26.6. The summed E-state index contributed by atoms with van der Waals surface area (Å²) < 4.78 is 19.9. The van der Waals surface area contributed by atoms with Crippen molar-refractivity contribution in [2.45, 2.75) is 37.9 Å². The number of hydrogen-bond acceptors (Lipinski definition) is 6. The molecule has 0 radical (unpaired) electrons. The monoisotopic (exact) mass is 537 g/mol. The molecule has 9 heteroatoms. The van der Waals surface area contributed by atoms with Crippen LogP contribution < -0.4 is 10.2 Å². The van der Waals surface area contributed by atoms with Gasteiger partial charge in [0.1, 0.15) is 12.0 Å². The molecular weight excluding hydrogens is 505 g/mol. The number of amides is 1. The highest BCUT2D eigenvalue weighted by atomic mass is 35.5. The van der Waals surface area contributed by atoms with Gasteiger partial charge in [0.05, 0.1) is 35.4 Å². The van der Waals surface area contributed by atoms with E-state index < -0.39 is 11.7 Å². The number of benzene rings is 1. The standard InChI is InChI=1S/C29H33ClFN5O2/c1-3-20-26(22-6-4-5-7-32-22)27(20)28(37)34-25-14-18-13-23(21(30)12-19(18)15-33-25)35-8-10-36(11-9-35)29(2)17-38-16-24(29)31/h4-7,12-15,20,24,26-27H,3,8-11,16-17H2,1-2H3,(H,33,34,37)/t20-,24+,26+,27-,29-/m0/s1. The second kappa shape index (κ2) is 10.1. The van der Waals surface area contributed by atoms with Crippen LogP contribution in [0.5, 0.6) is 0 Å². The Labute approximate surface area is 227 Å². The molecule has 200 valence electrons. The van der Waals surface area contributed by atoms with Gasteiger partial charge in [0.2, 0.25) is 5.91 Å². The van der Waals surface area contributed by atoms with E-state index in [1.54, 1.807) is 12.4 Å². The molecule has 1 aromatic carbocycles. The summed E-state index contributed by atoms with van der Waals surface area (Å²) in [6.45, 7) is 7.64. The lowest BCUT2D eigenvalue weighted by atomic mass is 9.96. The molecule has 5 atom stereocenters. The van der Waals surface area contributed by atoms with Gasteiger partial charge >= 0.3 is 0 Å². The summed E-state index contributed by atoms with van der Waals surface area (Å²) in [6.07, 6.45) is 3.49. The molecular formula is C29H33ClFN5O2. The van der Waals surface area contributed by atoms with E-state index in [9.17, 15) is 9.18 Å². The molecule has 2 saturated heterocycles. The fourth-order valence-corrected chi connectivity index (χ4v) is 6.57. The quantitative estimate of drug-likeness (QED) is 0.482. The first kappa shape index (κ1) is 25.5. The van der Waals surface area contributed by atoms with Crippen molar-refractivity contribution < 1.29 is 13.9 Å². The van der Waals surface area contributed by atoms with Gasteiger partial charge in [0.15, 0.2) is 0 Å². The fourth-order valence-electron chi connectivity index (χ4n) is 6.28. The van der Waals surface area contributed by atoms with Crippen molar-refractivity contribution >= 4 is 39.8 Å². The molecule has 3 aromatic rings. The van der Waals surface area contributed by atoms with Crippen LogP contribution in [0.15, 0.2) is 48.8 Å². The van der Waals surface area contributed by atoms with Crippen LogP contribution >= 0.6 is 11.6 Å². The Morgan fingerprint density at radius 2 is 2.00 bits per heavy atom. The van der Waals surface area contributed by atoms with Gasteiger partial charge in [-0.15, -0.1) is 0 Å². The Morgan fingerprint density at radius 3 is 2.68 bits per heavy atom. The number of halogens is 2. The molecule has 38 heavy (non-hydrogen) atoms. The van der Waals surface area contributed by atoms with E-state index in [0.717, 1.165) is 54.8 Å². The first-order valence-corrected chi connectivity index (χ1v) is 13.8. The number of hydrogen-bond donors (Lipinski definition) is 1. The Morgan fingerprint density at radius 1 is 1.18 bits per heavy atom. The lowest BCUT2D eigenvalue weighted by Gasteiger charge is -2.44. The van der Waals surface area contributed by atoms with E-state index in [4.69, 9.17) is 16.3 Å². The Bertz CT molecular complexity index is 1340. The van der Waals surface area contributed by atoms with E-state index in [2.05, 4.69) is 38.1 Å². The molecule has 2 aromatic heterocycles. The molecule has 1 saturated carbocycles. The van der Waals surface area contributed by atoms with Gasteiger partial charge in [-0.2, -0.15) is 0 Å². The van der Waals surface area contributed by atoms with Crippen molar-refractivity contribution in [3.63, 3.8) is 0 Å². The number of anilines is 2. The minimum atomic E-state index is -0.970. The van der Waals surface area contributed by atoms with Gasteiger partial charge in [-0.3, -0.25) is 14.7 Å². The Kier molecular flexibility index (Phi) is 6.74. The molecule has 0 unspecified atom stereocenters.